The number of nitrogens with one attached hydrogen (secondary N) is 4. The average molecular weight is 530 g/mol. The van der Waals surface area contributed by atoms with Crippen LogP contribution < -0.4 is 33.2 Å². The third-order valence-electron chi connectivity index (χ3n) is 5.56. The van der Waals surface area contributed by atoms with Gasteiger partial charge < -0.3 is 43.2 Å². The van der Waals surface area contributed by atoms with E-state index in [1.165, 1.54) is 19.4 Å². The van der Waals surface area contributed by atoms with Gasteiger partial charge in [0.2, 0.25) is 17.7 Å². The van der Waals surface area contributed by atoms with Gasteiger partial charge in [0.25, 0.3) is 0 Å². The predicted octanol–water partition coefficient (Wildman–Crippen LogP) is -1.87. The number of amides is 3. The molecular weight excluding hydrogens is 494 g/mol. The summed E-state index contributed by atoms with van der Waals surface area (Å²) in [5.41, 5.74) is 18.1. The molecule has 2 aromatic rings. The highest BCUT2D eigenvalue weighted by atomic mass is 16.4. The first kappa shape index (κ1) is 29.8. The van der Waals surface area contributed by atoms with Crippen LogP contribution in [0.5, 0.6) is 0 Å². The van der Waals surface area contributed by atoms with Gasteiger partial charge in [-0.2, -0.15) is 0 Å². The van der Waals surface area contributed by atoms with Gasteiger partial charge in [-0.25, -0.2) is 9.78 Å². The van der Waals surface area contributed by atoms with Crippen LogP contribution in [0, 0.1) is 0 Å². The molecule has 206 valence electrons. The molecule has 0 saturated heterocycles. The summed E-state index contributed by atoms with van der Waals surface area (Å²) in [7, 11) is 0. The summed E-state index contributed by atoms with van der Waals surface area (Å²) in [6.45, 7) is 1.63. The molecule has 4 atom stereocenters. The molecule has 38 heavy (non-hydrogen) atoms. The van der Waals surface area contributed by atoms with E-state index in [0.29, 0.717) is 12.1 Å². The number of carboxylic acids is 1. The normalized spacial score (nSPS) is 13.8. The molecule has 2 rings (SSSR count). The van der Waals surface area contributed by atoms with Gasteiger partial charge in [-0.15, -0.1) is 0 Å². The summed E-state index contributed by atoms with van der Waals surface area (Å²) >= 11 is 0. The topological polar surface area (TPSA) is 244 Å². The summed E-state index contributed by atoms with van der Waals surface area (Å²) in [6.07, 6.45) is 3.61. The van der Waals surface area contributed by atoms with Crippen molar-refractivity contribution in [3.8, 4) is 0 Å². The zero-order chi connectivity index (χ0) is 28.1. The van der Waals surface area contributed by atoms with E-state index in [9.17, 15) is 24.3 Å². The Hall–Kier alpha value is -4.46. The number of hydrogen-bond acceptors (Lipinski definition) is 7. The number of imidazole rings is 1. The van der Waals surface area contributed by atoms with Crippen molar-refractivity contribution in [1.82, 2.24) is 25.9 Å². The van der Waals surface area contributed by atoms with Crippen LogP contribution in [-0.4, -0.2) is 75.4 Å². The summed E-state index contributed by atoms with van der Waals surface area (Å²) in [4.78, 5) is 60.5. The van der Waals surface area contributed by atoms with Crippen molar-refractivity contribution in [3.63, 3.8) is 0 Å². The molecule has 0 fully saturated rings. The Balaban J connectivity index is 2.01. The smallest absolute Gasteiger partial charge is 0.326 e. The zero-order valence-electron chi connectivity index (χ0n) is 21.1. The Labute approximate surface area is 219 Å². The number of carbonyl (C=O) groups is 4. The number of rotatable bonds is 15. The number of aromatic nitrogens is 2. The van der Waals surface area contributed by atoms with Crippen LogP contribution in [0.2, 0.25) is 0 Å². The first-order chi connectivity index (χ1) is 18.1. The largest absolute Gasteiger partial charge is 0.480 e. The summed E-state index contributed by atoms with van der Waals surface area (Å²) in [6, 6.07) is 4.90. The highest BCUT2D eigenvalue weighted by molar-refractivity contribution is 5.94. The van der Waals surface area contributed by atoms with Crippen LogP contribution in [0.25, 0.3) is 0 Å². The van der Waals surface area contributed by atoms with Crippen molar-refractivity contribution in [2.45, 2.75) is 56.8 Å². The summed E-state index contributed by atoms with van der Waals surface area (Å²) in [5.74, 6) is -3.25. The first-order valence-electron chi connectivity index (χ1n) is 12.0. The molecule has 0 aliphatic carbocycles. The van der Waals surface area contributed by atoms with Crippen molar-refractivity contribution >= 4 is 29.7 Å². The lowest BCUT2D eigenvalue weighted by Crippen LogP contribution is -2.56. The SMILES string of the molecule is CC(NC(=O)C(CCCN=C(N)N)NC(=O)C(N)Cc1ccccc1)C(=O)NC(Cc1cnc[nH]1)C(=O)O. The van der Waals surface area contributed by atoms with Gasteiger partial charge >= 0.3 is 5.97 Å². The van der Waals surface area contributed by atoms with Gasteiger partial charge in [0.1, 0.15) is 18.1 Å². The van der Waals surface area contributed by atoms with E-state index in [1.54, 1.807) is 0 Å². The number of nitrogens with two attached hydrogens (primary N) is 3. The summed E-state index contributed by atoms with van der Waals surface area (Å²) in [5, 5.41) is 17.0. The van der Waals surface area contributed by atoms with Gasteiger partial charge in [0.05, 0.1) is 12.4 Å². The molecule has 0 aliphatic rings. The van der Waals surface area contributed by atoms with Crippen LogP contribution in [-0.2, 0) is 32.0 Å². The number of aliphatic carboxylic acids is 1. The van der Waals surface area contributed by atoms with Crippen LogP contribution in [0.15, 0.2) is 47.8 Å². The minimum atomic E-state index is -1.25. The number of hydrogen-bond donors (Lipinski definition) is 8. The third-order valence-corrected chi connectivity index (χ3v) is 5.56. The van der Waals surface area contributed by atoms with Crippen molar-refractivity contribution in [1.29, 1.82) is 0 Å². The Morgan fingerprint density at radius 1 is 1.00 bits per heavy atom. The van der Waals surface area contributed by atoms with E-state index in [2.05, 4.69) is 30.9 Å². The lowest BCUT2D eigenvalue weighted by atomic mass is 10.0. The van der Waals surface area contributed by atoms with Crippen molar-refractivity contribution < 1.29 is 24.3 Å². The molecule has 0 spiro atoms. The fourth-order valence-corrected chi connectivity index (χ4v) is 3.50. The third kappa shape index (κ3) is 10.3. The van der Waals surface area contributed by atoms with Crippen LogP contribution in [0.3, 0.4) is 0 Å². The van der Waals surface area contributed by atoms with Gasteiger partial charge in [0, 0.05) is 24.9 Å². The van der Waals surface area contributed by atoms with Crippen molar-refractivity contribution in [2.75, 3.05) is 6.54 Å². The zero-order valence-corrected chi connectivity index (χ0v) is 21.1. The van der Waals surface area contributed by atoms with E-state index >= 15 is 0 Å². The lowest BCUT2D eigenvalue weighted by Gasteiger charge is -2.23. The number of benzene rings is 1. The van der Waals surface area contributed by atoms with Crippen molar-refractivity contribution in [2.24, 2.45) is 22.2 Å². The molecule has 1 heterocycles. The number of H-pyrrole nitrogens is 1. The fraction of sp³-hybridized carbons (Fsp3) is 0.417. The molecule has 0 saturated carbocycles. The van der Waals surface area contributed by atoms with Gasteiger partial charge in [-0.05, 0) is 31.7 Å². The Kier molecular flexibility index (Phi) is 11.7. The molecule has 3 amide bonds. The van der Waals surface area contributed by atoms with Gasteiger partial charge in [0.15, 0.2) is 5.96 Å². The molecule has 0 radical (unpaired) electrons. The van der Waals surface area contributed by atoms with E-state index in [0.717, 1.165) is 5.56 Å². The summed E-state index contributed by atoms with van der Waals surface area (Å²) < 4.78 is 0. The number of guanidine groups is 1. The minimum Gasteiger partial charge on any atom is -0.480 e. The van der Waals surface area contributed by atoms with Gasteiger partial charge in [-0.3, -0.25) is 19.4 Å². The van der Waals surface area contributed by atoms with E-state index in [4.69, 9.17) is 17.2 Å². The molecule has 0 aliphatic heterocycles. The molecule has 1 aromatic carbocycles. The lowest BCUT2D eigenvalue weighted by molar-refractivity contribution is -0.142. The number of aromatic amines is 1. The van der Waals surface area contributed by atoms with Crippen LogP contribution in [0.1, 0.15) is 31.0 Å². The van der Waals surface area contributed by atoms with Crippen molar-refractivity contribution in [3.05, 3.63) is 54.1 Å². The Morgan fingerprint density at radius 2 is 1.68 bits per heavy atom. The second-order valence-corrected chi connectivity index (χ2v) is 8.72. The molecule has 0 bridgehead atoms. The standard InChI is InChI=1S/C24H35N9O5/c1-14(20(34)33-19(23(37)38)11-16-12-28-13-30-16)31-22(36)18(8-5-9-29-24(26)27)32-21(35)17(25)10-15-6-3-2-4-7-15/h2-4,6-7,12-14,17-19H,5,8-11,25H2,1H3,(H,28,30)(H,31,36)(H,32,35)(H,33,34)(H,37,38)(H4,26,27,29). The molecular formula is C24H35N9O5. The Morgan fingerprint density at radius 3 is 2.29 bits per heavy atom. The fourth-order valence-electron chi connectivity index (χ4n) is 3.50. The minimum absolute atomic E-state index is 0.0233. The van der Waals surface area contributed by atoms with E-state index < -0.39 is 47.9 Å². The number of nitrogens with zero attached hydrogens (tertiary/aromatic N) is 2. The predicted molar refractivity (Wildman–Crippen MR) is 139 cm³/mol. The van der Waals surface area contributed by atoms with Crippen LogP contribution >= 0.6 is 0 Å². The molecule has 4 unspecified atom stereocenters. The maximum Gasteiger partial charge on any atom is 0.326 e. The highest BCUT2D eigenvalue weighted by Gasteiger charge is 2.28. The van der Waals surface area contributed by atoms with E-state index in [-0.39, 0.29) is 31.8 Å². The molecule has 14 nitrogen and oxygen atoms in total. The Bertz CT molecular complexity index is 1090. The molecule has 14 heteroatoms. The quantitative estimate of drug-likeness (QED) is 0.0731. The second-order valence-electron chi connectivity index (χ2n) is 8.72. The number of carboxylic acid groups (broad SMARTS) is 1. The molecule has 1 aromatic heterocycles. The highest BCUT2D eigenvalue weighted by Crippen LogP contribution is 2.05. The second kappa shape index (κ2) is 14.9. The molecule has 11 N–H and O–H groups in total. The monoisotopic (exact) mass is 529 g/mol. The van der Waals surface area contributed by atoms with Gasteiger partial charge in [-0.1, -0.05) is 30.3 Å². The maximum absolute atomic E-state index is 13.0. The number of carbonyl (C=O) groups excluding carboxylic acids is 3. The van der Waals surface area contributed by atoms with E-state index in [1.807, 2.05) is 30.3 Å². The van der Waals surface area contributed by atoms with Crippen LogP contribution in [0.4, 0.5) is 0 Å². The first-order valence-corrected chi connectivity index (χ1v) is 12.0. The maximum atomic E-state index is 13.0. The number of aliphatic imine (C=N–C) groups is 1. The average Bonchev–Trinajstić information content (AvgIpc) is 3.38.